The first kappa shape index (κ1) is 19.8. The Morgan fingerprint density at radius 3 is 2.50 bits per heavy atom. The molecule has 1 fully saturated rings. The Balaban J connectivity index is 1.62. The summed E-state index contributed by atoms with van der Waals surface area (Å²) >= 11 is 5.95. The van der Waals surface area contributed by atoms with Crippen molar-refractivity contribution >= 4 is 23.2 Å². The van der Waals surface area contributed by atoms with Gasteiger partial charge in [-0.15, -0.1) is 0 Å². The first-order valence-corrected chi connectivity index (χ1v) is 9.41. The lowest BCUT2D eigenvalue weighted by Crippen LogP contribution is -2.42. The summed E-state index contributed by atoms with van der Waals surface area (Å²) in [5, 5.41) is 13.2. The molecule has 0 atom stereocenters. The van der Waals surface area contributed by atoms with Gasteiger partial charge in [0.15, 0.2) is 11.5 Å². The number of methoxy groups -OCH3 is 2. The maximum Gasteiger partial charge on any atom is 0.253 e. The van der Waals surface area contributed by atoms with Crippen LogP contribution in [0.15, 0.2) is 36.4 Å². The zero-order valence-corrected chi connectivity index (χ0v) is 16.6. The molecule has 2 aromatic rings. The number of nitrogens with one attached hydrogen (secondary N) is 1. The van der Waals surface area contributed by atoms with E-state index >= 15 is 0 Å². The minimum absolute atomic E-state index is 0.0244. The molecule has 1 aliphatic heterocycles. The van der Waals surface area contributed by atoms with Gasteiger partial charge in [-0.3, -0.25) is 4.79 Å². The quantitative estimate of drug-likeness (QED) is 0.824. The lowest BCUT2D eigenvalue weighted by Gasteiger charge is -2.33. The van der Waals surface area contributed by atoms with Crippen molar-refractivity contribution in [1.82, 2.24) is 4.90 Å². The maximum absolute atomic E-state index is 12.8. The molecule has 1 saturated heterocycles. The fraction of sp³-hybridized carbons (Fsp3) is 0.333. The van der Waals surface area contributed by atoms with Crippen LogP contribution in [0.1, 0.15) is 28.8 Å². The van der Waals surface area contributed by atoms with E-state index < -0.39 is 0 Å². The van der Waals surface area contributed by atoms with Gasteiger partial charge >= 0.3 is 0 Å². The number of ether oxygens (including phenoxy) is 2. The van der Waals surface area contributed by atoms with E-state index in [9.17, 15) is 10.1 Å². The topological polar surface area (TPSA) is 74.6 Å². The monoisotopic (exact) mass is 399 g/mol. The molecule has 6 nitrogen and oxygen atoms in total. The molecule has 7 heteroatoms. The van der Waals surface area contributed by atoms with Crippen LogP contribution in [0.3, 0.4) is 0 Å². The largest absolute Gasteiger partial charge is 0.493 e. The summed E-state index contributed by atoms with van der Waals surface area (Å²) in [7, 11) is 3.12. The molecule has 1 heterocycles. The van der Waals surface area contributed by atoms with E-state index in [1.165, 1.54) is 0 Å². The first-order valence-electron chi connectivity index (χ1n) is 9.03. The van der Waals surface area contributed by atoms with Crippen LogP contribution in [0.5, 0.6) is 11.5 Å². The molecule has 3 rings (SSSR count). The highest BCUT2D eigenvalue weighted by Gasteiger charge is 2.24. The van der Waals surface area contributed by atoms with Crippen molar-refractivity contribution in [3.05, 3.63) is 52.5 Å². The summed E-state index contributed by atoms with van der Waals surface area (Å²) in [6, 6.07) is 12.8. The Morgan fingerprint density at radius 2 is 1.86 bits per heavy atom. The number of amides is 1. The third-order valence-corrected chi connectivity index (χ3v) is 5.11. The number of halogens is 1. The third kappa shape index (κ3) is 4.32. The van der Waals surface area contributed by atoms with Gasteiger partial charge in [-0.05, 0) is 49.2 Å². The number of nitrogens with zero attached hydrogens (tertiary/aromatic N) is 2. The Hall–Kier alpha value is -2.91. The van der Waals surface area contributed by atoms with Gasteiger partial charge in [0.2, 0.25) is 0 Å². The van der Waals surface area contributed by atoms with Crippen molar-refractivity contribution in [2.45, 2.75) is 18.9 Å². The highest BCUT2D eigenvalue weighted by atomic mass is 35.5. The van der Waals surface area contributed by atoms with Gasteiger partial charge in [-0.2, -0.15) is 5.26 Å². The molecule has 146 valence electrons. The minimum atomic E-state index is -0.0244. The lowest BCUT2D eigenvalue weighted by atomic mass is 10.0. The molecule has 0 aromatic heterocycles. The Kier molecular flexibility index (Phi) is 6.27. The fourth-order valence-corrected chi connectivity index (χ4v) is 3.51. The van der Waals surface area contributed by atoms with E-state index in [4.69, 9.17) is 21.1 Å². The predicted octanol–water partition coefficient (Wildman–Crippen LogP) is 3.95. The molecular weight excluding hydrogens is 378 g/mol. The van der Waals surface area contributed by atoms with Gasteiger partial charge in [0.1, 0.15) is 6.07 Å². The number of hydrogen-bond donors (Lipinski definition) is 1. The van der Waals surface area contributed by atoms with Crippen molar-refractivity contribution in [2.24, 2.45) is 0 Å². The van der Waals surface area contributed by atoms with Crippen molar-refractivity contribution in [3.8, 4) is 17.6 Å². The molecule has 0 saturated carbocycles. The van der Waals surface area contributed by atoms with Crippen LogP contribution < -0.4 is 14.8 Å². The van der Waals surface area contributed by atoms with E-state index in [2.05, 4.69) is 11.4 Å². The van der Waals surface area contributed by atoms with Crippen molar-refractivity contribution in [1.29, 1.82) is 5.26 Å². The second-order valence-corrected chi connectivity index (χ2v) is 7.02. The van der Waals surface area contributed by atoms with Crippen LogP contribution in [-0.4, -0.2) is 44.2 Å². The molecule has 0 aliphatic carbocycles. The first-order chi connectivity index (χ1) is 13.5. The van der Waals surface area contributed by atoms with E-state index in [1.54, 1.807) is 44.6 Å². The van der Waals surface area contributed by atoms with Gasteiger partial charge in [0.05, 0.1) is 25.5 Å². The summed E-state index contributed by atoms with van der Waals surface area (Å²) < 4.78 is 10.5. The molecule has 1 N–H and O–H groups in total. The summed E-state index contributed by atoms with van der Waals surface area (Å²) in [4.78, 5) is 14.7. The summed E-state index contributed by atoms with van der Waals surface area (Å²) in [6.45, 7) is 1.28. The molecule has 1 amide bonds. The van der Waals surface area contributed by atoms with E-state index in [-0.39, 0.29) is 11.9 Å². The van der Waals surface area contributed by atoms with Crippen LogP contribution in [-0.2, 0) is 0 Å². The number of nitriles is 1. The number of carbonyl (C=O) groups excluding carboxylic acids is 1. The van der Waals surface area contributed by atoms with Crippen molar-refractivity contribution in [2.75, 3.05) is 32.6 Å². The zero-order chi connectivity index (χ0) is 20.1. The molecule has 2 aromatic carbocycles. The van der Waals surface area contributed by atoms with Gasteiger partial charge < -0.3 is 19.7 Å². The summed E-state index contributed by atoms with van der Waals surface area (Å²) in [5.74, 6) is 1.11. The van der Waals surface area contributed by atoms with Crippen LogP contribution in [0.2, 0.25) is 5.02 Å². The standard InChI is InChI=1S/C21H22ClN3O3/c1-27-19-6-3-14(12-20(19)28-2)21(26)25-9-7-17(8-10-25)24-18-5-4-16(22)11-15(18)13-23/h3-6,11-12,17,24H,7-10H2,1-2H3. The summed E-state index contributed by atoms with van der Waals surface area (Å²) in [6.07, 6.45) is 1.60. The Labute approximate surface area is 169 Å². The minimum Gasteiger partial charge on any atom is -0.493 e. The van der Waals surface area contributed by atoms with Crippen molar-refractivity contribution in [3.63, 3.8) is 0 Å². The molecule has 0 unspecified atom stereocenters. The number of rotatable bonds is 5. The van der Waals surface area contributed by atoms with Gasteiger partial charge in [0.25, 0.3) is 5.91 Å². The second kappa shape index (κ2) is 8.85. The lowest BCUT2D eigenvalue weighted by molar-refractivity contribution is 0.0718. The van der Waals surface area contributed by atoms with Crippen LogP contribution >= 0.6 is 11.6 Å². The smallest absolute Gasteiger partial charge is 0.253 e. The van der Waals surface area contributed by atoms with Crippen LogP contribution in [0.4, 0.5) is 5.69 Å². The van der Waals surface area contributed by atoms with Crippen LogP contribution in [0, 0.1) is 11.3 Å². The maximum atomic E-state index is 12.8. The molecular formula is C21H22ClN3O3. The number of benzene rings is 2. The Bertz CT molecular complexity index is 902. The predicted molar refractivity (Wildman–Crippen MR) is 108 cm³/mol. The molecule has 0 spiro atoms. The molecule has 0 radical (unpaired) electrons. The number of carbonyl (C=O) groups is 1. The fourth-order valence-electron chi connectivity index (χ4n) is 3.33. The molecule has 0 bridgehead atoms. The normalized spacial score (nSPS) is 14.3. The third-order valence-electron chi connectivity index (χ3n) is 4.87. The number of likely N-dealkylation sites (tertiary alicyclic amines) is 1. The summed E-state index contributed by atoms with van der Waals surface area (Å²) in [5.41, 5.74) is 1.88. The van der Waals surface area contributed by atoms with E-state index in [0.717, 1.165) is 18.5 Å². The van der Waals surface area contributed by atoms with Crippen molar-refractivity contribution < 1.29 is 14.3 Å². The van der Waals surface area contributed by atoms with E-state index in [1.807, 2.05) is 11.0 Å². The number of hydrogen-bond acceptors (Lipinski definition) is 5. The highest BCUT2D eigenvalue weighted by Crippen LogP contribution is 2.29. The van der Waals surface area contributed by atoms with Gasteiger partial charge in [-0.1, -0.05) is 11.6 Å². The van der Waals surface area contributed by atoms with Gasteiger partial charge in [0, 0.05) is 29.7 Å². The second-order valence-electron chi connectivity index (χ2n) is 6.58. The molecule has 1 aliphatic rings. The SMILES string of the molecule is COc1ccc(C(=O)N2CCC(Nc3ccc(Cl)cc3C#N)CC2)cc1OC. The molecule has 28 heavy (non-hydrogen) atoms. The van der Waals surface area contributed by atoms with E-state index in [0.29, 0.717) is 40.7 Å². The average Bonchev–Trinajstić information content (AvgIpc) is 2.74. The number of anilines is 1. The average molecular weight is 400 g/mol. The Morgan fingerprint density at radius 1 is 1.14 bits per heavy atom. The number of piperidine rings is 1. The zero-order valence-electron chi connectivity index (χ0n) is 15.9. The van der Waals surface area contributed by atoms with Gasteiger partial charge in [-0.25, -0.2) is 0 Å². The highest BCUT2D eigenvalue weighted by molar-refractivity contribution is 6.30. The van der Waals surface area contributed by atoms with Crippen LogP contribution in [0.25, 0.3) is 0 Å².